The molecule has 1 aromatic carbocycles. The highest BCUT2D eigenvalue weighted by molar-refractivity contribution is 5.79. The molecule has 158 valence electrons. The predicted octanol–water partition coefficient (Wildman–Crippen LogP) is 2.84. The van der Waals surface area contributed by atoms with Crippen LogP contribution in [0.1, 0.15) is 30.7 Å². The minimum absolute atomic E-state index is 0.307. The van der Waals surface area contributed by atoms with Gasteiger partial charge in [-0.05, 0) is 37.1 Å². The largest absolute Gasteiger partial charge is 0.373 e. The topological polar surface area (TPSA) is 45.0 Å². The van der Waals surface area contributed by atoms with E-state index in [2.05, 4.69) is 95.2 Å². The molecular weight excluding hydrogens is 362 g/mol. The maximum atomic E-state index is 5.83. The third-order valence-corrected chi connectivity index (χ3v) is 5.40. The van der Waals surface area contributed by atoms with Gasteiger partial charge >= 0.3 is 0 Å². The van der Waals surface area contributed by atoms with Gasteiger partial charge in [-0.2, -0.15) is 0 Å². The number of nitrogens with zero attached hydrogens (tertiary/aromatic N) is 4. The van der Waals surface area contributed by atoms with Crippen molar-refractivity contribution in [1.29, 1.82) is 0 Å². The molecule has 0 radical (unpaired) electrons. The number of hydrogen-bond acceptors (Lipinski definition) is 3. The average Bonchev–Trinajstić information content (AvgIpc) is 3.07. The SMILES string of the molecule is CN=C(NCc1ccc(CN2CC(C)OC(C)C2)cc1)N(C)Cc1cccn1C. The van der Waals surface area contributed by atoms with Crippen molar-refractivity contribution in [2.24, 2.45) is 12.0 Å². The van der Waals surface area contributed by atoms with Gasteiger partial charge in [-0.3, -0.25) is 9.89 Å². The number of aliphatic imine (C=N–C) groups is 1. The summed E-state index contributed by atoms with van der Waals surface area (Å²) in [6.45, 7) is 8.86. The summed E-state index contributed by atoms with van der Waals surface area (Å²) in [5.41, 5.74) is 3.86. The van der Waals surface area contributed by atoms with Crippen LogP contribution < -0.4 is 5.32 Å². The van der Waals surface area contributed by atoms with Crippen LogP contribution in [0.4, 0.5) is 0 Å². The Hall–Kier alpha value is -2.31. The van der Waals surface area contributed by atoms with Crippen molar-refractivity contribution in [1.82, 2.24) is 19.7 Å². The normalized spacial score (nSPS) is 20.7. The van der Waals surface area contributed by atoms with Gasteiger partial charge in [0.1, 0.15) is 0 Å². The predicted molar refractivity (Wildman–Crippen MR) is 119 cm³/mol. The molecule has 0 amide bonds. The summed E-state index contributed by atoms with van der Waals surface area (Å²) in [4.78, 5) is 9.05. The molecule has 0 bridgehead atoms. The molecule has 6 heteroatoms. The van der Waals surface area contributed by atoms with E-state index in [1.54, 1.807) is 0 Å². The van der Waals surface area contributed by atoms with Crippen molar-refractivity contribution in [3.8, 4) is 0 Å². The molecule has 2 heterocycles. The summed E-state index contributed by atoms with van der Waals surface area (Å²) in [5, 5.41) is 3.47. The molecule has 1 N–H and O–H groups in total. The fourth-order valence-electron chi connectivity index (χ4n) is 3.98. The van der Waals surface area contributed by atoms with Crippen LogP contribution in [0.5, 0.6) is 0 Å². The summed E-state index contributed by atoms with van der Waals surface area (Å²) < 4.78 is 7.97. The van der Waals surface area contributed by atoms with E-state index in [1.807, 2.05) is 7.05 Å². The zero-order valence-electron chi connectivity index (χ0n) is 18.4. The van der Waals surface area contributed by atoms with Crippen molar-refractivity contribution in [2.75, 3.05) is 27.2 Å². The van der Waals surface area contributed by atoms with Crippen LogP contribution in [0.2, 0.25) is 0 Å². The first-order valence-electron chi connectivity index (χ1n) is 10.4. The molecule has 1 aliphatic rings. The Morgan fingerprint density at radius 2 is 1.79 bits per heavy atom. The lowest BCUT2D eigenvalue weighted by Gasteiger charge is -2.35. The van der Waals surface area contributed by atoms with Gasteiger partial charge < -0.3 is 19.5 Å². The van der Waals surface area contributed by atoms with E-state index < -0.39 is 0 Å². The summed E-state index contributed by atoms with van der Waals surface area (Å²) in [5.74, 6) is 0.895. The van der Waals surface area contributed by atoms with Crippen LogP contribution >= 0.6 is 0 Å². The standard InChI is InChI=1S/C23H35N5O/c1-18-14-28(15-19(2)29-18)16-21-10-8-20(9-11-21)13-25-23(24-3)27(5)17-22-7-6-12-26(22)4/h6-12,18-19H,13-17H2,1-5H3,(H,24,25). The molecule has 29 heavy (non-hydrogen) atoms. The minimum Gasteiger partial charge on any atom is -0.373 e. The average molecular weight is 398 g/mol. The number of rotatable bonds is 6. The maximum absolute atomic E-state index is 5.83. The molecule has 1 fully saturated rings. The van der Waals surface area contributed by atoms with Crippen molar-refractivity contribution >= 4 is 5.96 Å². The van der Waals surface area contributed by atoms with Gasteiger partial charge in [0, 0.05) is 59.2 Å². The molecule has 6 nitrogen and oxygen atoms in total. The first-order valence-corrected chi connectivity index (χ1v) is 10.4. The monoisotopic (exact) mass is 397 g/mol. The maximum Gasteiger partial charge on any atom is 0.194 e. The number of aromatic nitrogens is 1. The molecular formula is C23H35N5O. The van der Waals surface area contributed by atoms with Crippen LogP contribution in [0.15, 0.2) is 47.6 Å². The second-order valence-corrected chi connectivity index (χ2v) is 8.14. The molecule has 3 rings (SSSR count). The van der Waals surface area contributed by atoms with Gasteiger partial charge in [-0.1, -0.05) is 24.3 Å². The summed E-state index contributed by atoms with van der Waals surface area (Å²) in [7, 11) is 5.96. The van der Waals surface area contributed by atoms with Crippen LogP contribution in [0.25, 0.3) is 0 Å². The van der Waals surface area contributed by atoms with Gasteiger partial charge in [0.05, 0.1) is 18.8 Å². The Labute approximate surface area is 175 Å². The lowest BCUT2D eigenvalue weighted by Crippen LogP contribution is -2.44. The first kappa shape index (κ1) is 21.4. The third kappa shape index (κ3) is 6.08. The summed E-state index contributed by atoms with van der Waals surface area (Å²) in [6, 6.07) is 13.1. The fourth-order valence-corrected chi connectivity index (χ4v) is 3.98. The molecule has 0 saturated carbocycles. The van der Waals surface area contributed by atoms with Crippen LogP contribution in [-0.2, 0) is 31.4 Å². The van der Waals surface area contributed by atoms with Crippen LogP contribution in [-0.4, -0.2) is 59.7 Å². The highest BCUT2D eigenvalue weighted by atomic mass is 16.5. The Morgan fingerprint density at radius 3 is 2.38 bits per heavy atom. The van der Waals surface area contributed by atoms with E-state index in [-0.39, 0.29) is 0 Å². The summed E-state index contributed by atoms with van der Waals surface area (Å²) >= 11 is 0. The Balaban J connectivity index is 1.50. The molecule has 1 aliphatic heterocycles. The quantitative estimate of drug-likeness (QED) is 0.601. The first-order chi connectivity index (χ1) is 13.9. The van der Waals surface area contributed by atoms with E-state index in [4.69, 9.17) is 4.74 Å². The van der Waals surface area contributed by atoms with Gasteiger partial charge in [-0.25, -0.2) is 0 Å². The lowest BCUT2D eigenvalue weighted by atomic mass is 10.1. The smallest absolute Gasteiger partial charge is 0.194 e. The fraction of sp³-hybridized carbons (Fsp3) is 0.522. The second kappa shape index (κ2) is 9.94. The zero-order valence-corrected chi connectivity index (χ0v) is 18.4. The molecule has 1 aromatic heterocycles. The van der Waals surface area contributed by atoms with Gasteiger partial charge in [0.2, 0.25) is 0 Å². The molecule has 0 aliphatic carbocycles. The van der Waals surface area contributed by atoms with Crippen LogP contribution in [0, 0.1) is 0 Å². The van der Waals surface area contributed by atoms with Gasteiger partial charge in [0.25, 0.3) is 0 Å². The number of aryl methyl sites for hydroxylation is 1. The molecule has 2 atom stereocenters. The molecule has 0 spiro atoms. The highest BCUT2D eigenvalue weighted by Gasteiger charge is 2.21. The number of hydrogen-bond donors (Lipinski definition) is 1. The van der Waals surface area contributed by atoms with Gasteiger partial charge in [-0.15, -0.1) is 0 Å². The number of guanidine groups is 1. The highest BCUT2D eigenvalue weighted by Crippen LogP contribution is 2.15. The molecule has 2 unspecified atom stereocenters. The molecule has 2 aromatic rings. The minimum atomic E-state index is 0.307. The van der Waals surface area contributed by atoms with Crippen LogP contribution in [0.3, 0.4) is 0 Å². The lowest BCUT2D eigenvalue weighted by molar-refractivity contribution is -0.0704. The van der Waals surface area contributed by atoms with E-state index in [0.29, 0.717) is 12.2 Å². The van der Waals surface area contributed by atoms with E-state index >= 15 is 0 Å². The van der Waals surface area contributed by atoms with E-state index in [0.717, 1.165) is 38.7 Å². The summed E-state index contributed by atoms with van der Waals surface area (Å²) in [6.07, 6.45) is 2.68. The Bertz CT molecular complexity index is 788. The zero-order chi connectivity index (χ0) is 20.8. The third-order valence-electron chi connectivity index (χ3n) is 5.40. The number of nitrogens with one attached hydrogen (secondary N) is 1. The number of benzene rings is 1. The van der Waals surface area contributed by atoms with Crippen molar-refractivity contribution in [3.63, 3.8) is 0 Å². The van der Waals surface area contributed by atoms with E-state index in [1.165, 1.54) is 16.8 Å². The Morgan fingerprint density at radius 1 is 1.14 bits per heavy atom. The van der Waals surface area contributed by atoms with E-state index in [9.17, 15) is 0 Å². The molecule has 1 saturated heterocycles. The number of ether oxygens (including phenoxy) is 1. The van der Waals surface area contributed by atoms with Crippen molar-refractivity contribution in [3.05, 3.63) is 59.4 Å². The second-order valence-electron chi connectivity index (χ2n) is 8.14. The Kier molecular flexibility index (Phi) is 7.34. The van der Waals surface area contributed by atoms with Crippen molar-refractivity contribution < 1.29 is 4.74 Å². The number of morpholine rings is 1. The van der Waals surface area contributed by atoms with Crippen molar-refractivity contribution in [2.45, 2.75) is 45.7 Å². The van der Waals surface area contributed by atoms with Gasteiger partial charge in [0.15, 0.2) is 5.96 Å².